The number of aliphatic carboxylic acids is 1. The molecule has 3 fully saturated rings. The monoisotopic (exact) mass is 378 g/mol. The molecule has 3 rings (SSSR count). The van der Waals surface area contributed by atoms with Crippen molar-refractivity contribution in [2.24, 2.45) is 23.2 Å². The largest absolute Gasteiger partial charge is 0.481 e. The Balaban J connectivity index is 1.50. The fourth-order valence-electron chi connectivity index (χ4n) is 6.09. The van der Waals surface area contributed by atoms with Crippen molar-refractivity contribution < 1.29 is 20.1 Å². The van der Waals surface area contributed by atoms with Crippen LogP contribution in [-0.2, 0) is 4.79 Å². The highest BCUT2D eigenvalue weighted by Gasteiger charge is 2.54. The van der Waals surface area contributed by atoms with Crippen molar-refractivity contribution in [3.63, 3.8) is 0 Å². The van der Waals surface area contributed by atoms with Crippen molar-refractivity contribution in [2.45, 2.75) is 103 Å². The second kappa shape index (κ2) is 9.09. The smallest absolute Gasteiger partial charge is 0.303 e. The number of carboxylic acids is 1. The van der Waals surface area contributed by atoms with Crippen molar-refractivity contribution in [1.29, 1.82) is 0 Å². The van der Waals surface area contributed by atoms with Crippen molar-refractivity contribution in [3.8, 4) is 0 Å². The molecule has 4 heteroatoms. The standard InChI is InChI=1S/C23H38O4/c1-23-13-12-21(25)19(20(23)15-17(23)8-5-9-22(26)27)11-10-18(24)14-16-6-3-2-4-7-16/h8,16,18-21,24-25H,2-7,9-15H2,1H3,(H,26,27)/t18?,19-,20-,21-,23-/m1/s1. The summed E-state index contributed by atoms with van der Waals surface area (Å²) in [5, 5.41) is 30.0. The molecule has 0 radical (unpaired) electrons. The number of hydrogen-bond acceptors (Lipinski definition) is 3. The van der Waals surface area contributed by atoms with E-state index in [0.29, 0.717) is 18.3 Å². The zero-order valence-electron chi connectivity index (χ0n) is 16.9. The van der Waals surface area contributed by atoms with Gasteiger partial charge >= 0.3 is 5.97 Å². The van der Waals surface area contributed by atoms with Crippen LogP contribution in [0.4, 0.5) is 0 Å². The van der Waals surface area contributed by atoms with E-state index in [1.807, 2.05) is 0 Å². The number of aliphatic hydroxyl groups is 2. The van der Waals surface area contributed by atoms with Crippen molar-refractivity contribution in [3.05, 3.63) is 11.6 Å². The first-order chi connectivity index (χ1) is 12.9. The summed E-state index contributed by atoms with van der Waals surface area (Å²) in [6.07, 6.45) is 14.5. The molecule has 0 bridgehead atoms. The third kappa shape index (κ3) is 4.95. The van der Waals surface area contributed by atoms with Gasteiger partial charge in [-0.1, -0.05) is 50.7 Å². The molecule has 0 aromatic rings. The lowest BCUT2D eigenvalue weighted by Gasteiger charge is -2.58. The molecule has 0 amide bonds. The van der Waals surface area contributed by atoms with E-state index in [2.05, 4.69) is 13.0 Å². The van der Waals surface area contributed by atoms with Crippen LogP contribution in [0, 0.1) is 23.2 Å². The number of carbonyl (C=O) groups is 1. The van der Waals surface area contributed by atoms with Crippen LogP contribution in [-0.4, -0.2) is 33.5 Å². The molecule has 0 aliphatic heterocycles. The van der Waals surface area contributed by atoms with Gasteiger partial charge in [0.1, 0.15) is 0 Å². The summed E-state index contributed by atoms with van der Waals surface area (Å²) in [5.41, 5.74) is 1.53. The van der Waals surface area contributed by atoms with Crippen molar-refractivity contribution >= 4 is 5.97 Å². The van der Waals surface area contributed by atoms with E-state index in [4.69, 9.17) is 5.11 Å². The first kappa shape index (κ1) is 20.9. The molecule has 4 nitrogen and oxygen atoms in total. The fourth-order valence-corrected chi connectivity index (χ4v) is 6.09. The number of aliphatic hydroxyl groups excluding tert-OH is 2. The van der Waals surface area contributed by atoms with E-state index in [1.54, 1.807) is 0 Å². The first-order valence-corrected chi connectivity index (χ1v) is 11.2. The molecule has 3 saturated carbocycles. The average Bonchev–Trinajstić information content (AvgIpc) is 2.63. The molecule has 0 aromatic carbocycles. The number of allylic oxidation sites excluding steroid dienone is 2. The minimum Gasteiger partial charge on any atom is -0.481 e. The third-order valence-corrected chi connectivity index (χ3v) is 7.87. The predicted molar refractivity (Wildman–Crippen MR) is 106 cm³/mol. The zero-order valence-corrected chi connectivity index (χ0v) is 16.9. The van der Waals surface area contributed by atoms with E-state index >= 15 is 0 Å². The zero-order chi connectivity index (χ0) is 19.4. The quantitative estimate of drug-likeness (QED) is 0.536. The Morgan fingerprint density at radius 3 is 2.70 bits per heavy atom. The maximum absolute atomic E-state index is 10.8. The molecule has 3 N–H and O–H groups in total. The van der Waals surface area contributed by atoms with Crippen LogP contribution in [0.3, 0.4) is 0 Å². The lowest BCUT2D eigenvalue weighted by atomic mass is 9.47. The van der Waals surface area contributed by atoms with Crippen molar-refractivity contribution in [2.75, 3.05) is 0 Å². The highest BCUT2D eigenvalue weighted by Crippen LogP contribution is 2.61. The summed E-state index contributed by atoms with van der Waals surface area (Å²) in [6, 6.07) is 0. The minimum absolute atomic E-state index is 0.136. The van der Waals surface area contributed by atoms with Gasteiger partial charge in [-0.05, 0) is 68.1 Å². The van der Waals surface area contributed by atoms with E-state index in [-0.39, 0.29) is 30.0 Å². The predicted octanol–water partition coefficient (Wildman–Crippen LogP) is 4.69. The van der Waals surface area contributed by atoms with Crippen LogP contribution in [0.5, 0.6) is 0 Å². The van der Waals surface area contributed by atoms with Crippen LogP contribution >= 0.6 is 0 Å². The normalized spacial score (nSPS) is 36.9. The molecule has 0 aromatic heterocycles. The Morgan fingerprint density at radius 2 is 2.00 bits per heavy atom. The molecule has 154 valence electrons. The van der Waals surface area contributed by atoms with Crippen molar-refractivity contribution in [1.82, 2.24) is 0 Å². The molecule has 0 heterocycles. The summed E-state index contributed by atoms with van der Waals surface area (Å²) in [5.74, 6) is 0.722. The molecule has 3 aliphatic carbocycles. The molecule has 0 spiro atoms. The van der Waals surface area contributed by atoms with Gasteiger partial charge in [-0.25, -0.2) is 0 Å². The number of carboxylic acid groups (broad SMARTS) is 1. The molecule has 1 unspecified atom stereocenters. The SMILES string of the molecule is C[C@]12CC[C@@H](O)[C@H](CCC(O)CC3CCCCC3)[C@H]1CC2=CCCC(=O)O. The minimum atomic E-state index is -0.739. The average molecular weight is 379 g/mol. The molecule has 0 saturated heterocycles. The van der Waals surface area contributed by atoms with Gasteiger partial charge in [-0.3, -0.25) is 4.79 Å². The summed E-state index contributed by atoms with van der Waals surface area (Å²) in [6.45, 7) is 2.30. The second-order valence-corrected chi connectivity index (χ2v) is 9.63. The maximum Gasteiger partial charge on any atom is 0.303 e. The number of rotatable bonds is 8. The van der Waals surface area contributed by atoms with E-state index in [9.17, 15) is 15.0 Å². The Kier molecular flexibility index (Phi) is 7.02. The van der Waals surface area contributed by atoms with Crippen LogP contribution in [0.15, 0.2) is 11.6 Å². The van der Waals surface area contributed by atoms with Gasteiger partial charge in [0.25, 0.3) is 0 Å². The first-order valence-electron chi connectivity index (χ1n) is 11.2. The molecular formula is C23H38O4. The third-order valence-electron chi connectivity index (χ3n) is 7.87. The lowest BCUT2D eigenvalue weighted by Crippen LogP contribution is -2.52. The van der Waals surface area contributed by atoms with Gasteiger partial charge in [0, 0.05) is 6.42 Å². The second-order valence-electron chi connectivity index (χ2n) is 9.63. The maximum atomic E-state index is 10.8. The summed E-state index contributed by atoms with van der Waals surface area (Å²) in [4.78, 5) is 10.8. The van der Waals surface area contributed by atoms with Crippen LogP contribution in [0.1, 0.15) is 90.4 Å². The summed E-state index contributed by atoms with van der Waals surface area (Å²) < 4.78 is 0. The van der Waals surface area contributed by atoms with E-state index in [1.165, 1.54) is 37.7 Å². The number of hydrogen-bond donors (Lipinski definition) is 3. The van der Waals surface area contributed by atoms with Gasteiger partial charge in [-0.15, -0.1) is 0 Å². The molecule has 5 atom stereocenters. The van der Waals surface area contributed by atoms with Crippen LogP contribution < -0.4 is 0 Å². The van der Waals surface area contributed by atoms with Gasteiger partial charge in [0.05, 0.1) is 12.2 Å². The molecular weight excluding hydrogens is 340 g/mol. The Labute approximate surface area is 164 Å². The van der Waals surface area contributed by atoms with Gasteiger partial charge in [-0.2, -0.15) is 0 Å². The van der Waals surface area contributed by atoms with Crippen LogP contribution in [0.2, 0.25) is 0 Å². The van der Waals surface area contributed by atoms with Gasteiger partial charge < -0.3 is 15.3 Å². The number of fused-ring (bicyclic) bond motifs is 1. The van der Waals surface area contributed by atoms with Gasteiger partial charge in [0.2, 0.25) is 0 Å². The summed E-state index contributed by atoms with van der Waals surface area (Å²) in [7, 11) is 0. The molecule has 3 aliphatic rings. The highest BCUT2D eigenvalue weighted by molar-refractivity contribution is 5.66. The highest BCUT2D eigenvalue weighted by atomic mass is 16.4. The topological polar surface area (TPSA) is 77.8 Å². The lowest BCUT2D eigenvalue weighted by molar-refractivity contribution is -0.136. The van der Waals surface area contributed by atoms with Gasteiger partial charge in [0.15, 0.2) is 0 Å². The van der Waals surface area contributed by atoms with E-state index < -0.39 is 5.97 Å². The Bertz CT molecular complexity index is 536. The Hall–Kier alpha value is -0.870. The molecule has 27 heavy (non-hydrogen) atoms. The van der Waals surface area contributed by atoms with Crippen LogP contribution in [0.25, 0.3) is 0 Å². The fraction of sp³-hybridized carbons (Fsp3) is 0.870. The summed E-state index contributed by atoms with van der Waals surface area (Å²) >= 11 is 0. The van der Waals surface area contributed by atoms with E-state index in [0.717, 1.165) is 38.5 Å². The Morgan fingerprint density at radius 1 is 1.26 bits per heavy atom.